The highest BCUT2D eigenvalue weighted by atomic mass is 79.9. The topological polar surface area (TPSA) is 42.0 Å². The zero-order chi connectivity index (χ0) is 15.4. The molecule has 0 saturated heterocycles. The van der Waals surface area contributed by atoms with Crippen molar-refractivity contribution in [3.05, 3.63) is 62.6 Å². The van der Waals surface area contributed by atoms with Gasteiger partial charge in [0.1, 0.15) is 11.0 Å². The number of halogens is 3. The minimum Gasteiger partial charge on any atom is -0.348 e. The van der Waals surface area contributed by atoms with E-state index in [1.807, 2.05) is 6.92 Å². The number of hydrogen-bond donors (Lipinski definition) is 1. The molecule has 1 amide bonds. The zero-order valence-electron chi connectivity index (χ0n) is 11.3. The summed E-state index contributed by atoms with van der Waals surface area (Å²) in [5.41, 5.74) is 1.86. The van der Waals surface area contributed by atoms with Crippen LogP contribution in [-0.4, -0.2) is 10.9 Å². The molecule has 2 aromatic rings. The Morgan fingerprint density at radius 1 is 1.38 bits per heavy atom. The van der Waals surface area contributed by atoms with Crippen molar-refractivity contribution in [3.63, 3.8) is 0 Å². The van der Waals surface area contributed by atoms with Crippen molar-refractivity contribution in [3.8, 4) is 0 Å². The summed E-state index contributed by atoms with van der Waals surface area (Å²) in [4.78, 5) is 16.2. The number of benzene rings is 1. The van der Waals surface area contributed by atoms with Gasteiger partial charge in [-0.15, -0.1) is 0 Å². The second-order valence-corrected chi connectivity index (χ2v) is 5.68. The van der Waals surface area contributed by atoms with Crippen molar-refractivity contribution in [2.24, 2.45) is 0 Å². The summed E-state index contributed by atoms with van der Waals surface area (Å²) in [6, 6.07) is 7.54. The fourth-order valence-electron chi connectivity index (χ4n) is 1.82. The zero-order valence-corrected chi connectivity index (χ0v) is 13.6. The predicted octanol–water partition coefficient (Wildman–Crippen LogP) is 4.13. The SMILES string of the molecule is CCc1cc(C(=O)NCc2cc(F)ccc2Br)cc(Cl)n1. The van der Waals surface area contributed by atoms with Crippen LogP contribution in [0.1, 0.15) is 28.5 Å². The van der Waals surface area contributed by atoms with Crippen LogP contribution in [0.4, 0.5) is 4.39 Å². The van der Waals surface area contributed by atoms with Crippen molar-refractivity contribution in [2.45, 2.75) is 19.9 Å². The fraction of sp³-hybridized carbons (Fsp3) is 0.200. The van der Waals surface area contributed by atoms with Crippen LogP contribution in [-0.2, 0) is 13.0 Å². The molecular weight excluding hydrogens is 359 g/mol. The molecule has 1 N–H and O–H groups in total. The molecule has 1 aromatic heterocycles. The van der Waals surface area contributed by atoms with Gasteiger partial charge in [-0.25, -0.2) is 9.37 Å². The molecule has 110 valence electrons. The lowest BCUT2D eigenvalue weighted by Crippen LogP contribution is -2.23. The van der Waals surface area contributed by atoms with Crippen LogP contribution < -0.4 is 5.32 Å². The lowest BCUT2D eigenvalue weighted by molar-refractivity contribution is 0.0950. The summed E-state index contributed by atoms with van der Waals surface area (Å²) >= 11 is 9.21. The maximum Gasteiger partial charge on any atom is 0.251 e. The number of nitrogens with zero attached hydrogens (tertiary/aromatic N) is 1. The minimum absolute atomic E-state index is 0.221. The Labute approximate surface area is 135 Å². The van der Waals surface area contributed by atoms with Crippen LogP contribution in [0.25, 0.3) is 0 Å². The van der Waals surface area contributed by atoms with Crippen LogP contribution in [0.5, 0.6) is 0 Å². The number of pyridine rings is 1. The Bertz CT molecular complexity index is 679. The van der Waals surface area contributed by atoms with E-state index in [0.717, 1.165) is 10.2 Å². The molecule has 0 atom stereocenters. The molecule has 21 heavy (non-hydrogen) atoms. The molecule has 3 nitrogen and oxygen atoms in total. The van der Waals surface area contributed by atoms with Crippen molar-refractivity contribution in [1.82, 2.24) is 10.3 Å². The monoisotopic (exact) mass is 370 g/mol. The third-order valence-corrected chi connectivity index (χ3v) is 3.89. The van der Waals surface area contributed by atoms with E-state index in [1.54, 1.807) is 12.1 Å². The number of aromatic nitrogens is 1. The Kier molecular flexibility index (Phi) is 5.31. The first-order valence-corrected chi connectivity index (χ1v) is 7.55. The molecule has 0 radical (unpaired) electrons. The van der Waals surface area contributed by atoms with Crippen LogP contribution in [0, 0.1) is 5.82 Å². The van der Waals surface area contributed by atoms with Crippen LogP contribution in [0.2, 0.25) is 5.15 Å². The molecule has 2 rings (SSSR count). The normalized spacial score (nSPS) is 10.5. The summed E-state index contributed by atoms with van der Waals surface area (Å²) < 4.78 is 13.9. The van der Waals surface area contributed by atoms with Crippen molar-refractivity contribution in [1.29, 1.82) is 0 Å². The van der Waals surface area contributed by atoms with Gasteiger partial charge in [-0.1, -0.05) is 34.5 Å². The number of carbonyl (C=O) groups excluding carboxylic acids is 1. The highest BCUT2D eigenvalue weighted by Gasteiger charge is 2.10. The van der Waals surface area contributed by atoms with Gasteiger partial charge in [0.2, 0.25) is 0 Å². The summed E-state index contributed by atoms with van der Waals surface area (Å²) in [6.45, 7) is 2.16. The van der Waals surface area contributed by atoms with Gasteiger partial charge in [0.25, 0.3) is 5.91 Å². The number of carbonyl (C=O) groups is 1. The van der Waals surface area contributed by atoms with Crippen molar-refractivity contribution < 1.29 is 9.18 Å². The molecule has 1 aromatic carbocycles. The molecular formula is C15H13BrClFN2O. The van der Waals surface area contributed by atoms with Gasteiger partial charge in [-0.2, -0.15) is 0 Å². The highest BCUT2D eigenvalue weighted by molar-refractivity contribution is 9.10. The quantitative estimate of drug-likeness (QED) is 0.821. The molecule has 0 fully saturated rings. The van der Waals surface area contributed by atoms with Gasteiger partial charge in [-0.05, 0) is 42.3 Å². The van der Waals surface area contributed by atoms with E-state index in [1.165, 1.54) is 18.2 Å². The van der Waals surface area contributed by atoms with Gasteiger partial charge in [0.05, 0.1) is 0 Å². The van der Waals surface area contributed by atoms with E-state index in [2.05, 4.69) is 26.2 Å². The standard InChI is InChI=1S/C15H13BrClFN2O/c1-2-12-6-9(7-14(17)20-12)15(21)19-8-10-5-11(18)3-4-13(10)16/h3-7H,2,8H2,1H3,(H,19,21). The van der Waals surface area contributed by atoms with E-state index in [-0.39, 0.29) is 23.4 Å². The van der Waals surface area contributed by atoms with Crippen LogP contribution in [0.3, 0.4) is 0 Å². The first-order valence-electron chi connectivity index (χ1n) is 6.38. The van der Waals surface area contributed by atoms with E-state index >= 15 is 0 Å². The molecule has 0 aliphatic heterocycles. The van der Waals surface area contributed by atoms with Crippen LogP contribution >= 0.6 is 27.5 Å². The van der Waals surface area contributed by atoms with Gasteiger partial charge in [0, 0.05) is 22.3 Å². The lowest BCUT2D eigenvalue weighted by atomic mass is 10.1. The van der Waals surface area contributed by atoms with Crippen molar-refractivity contribution in [2.75, 3.05) is 0 Å². The summed E-state index contributed by atoms with van der Waals surface area (Å²) in [7, 11) is 0. The predicted molar refractivity (Wildman–Crippen MR) is 83.9 cm³/mol. The average molecular weight is 372 g/mol. The Morgan fingerprint density at radius 2 is 2.14 bits per heavy atom. The largest absolute Gasteiger partial charge is 0.348 e. The highest BCUT2D eigenvalue weighted by Crippen LogP contribution is 2.18. The summed E-state index contributed by atoms with van der Waals surface area (Å²) in [5.74, 6) is -0.618. The maximum atomic E-state index is 13.2. The van der Waals surface area contributed by atoms with E-state index in [0.29, 0.717) is 17.5 Å². The lowest BCUT2D eigenvalue weighted by Gasteiger charge is -2.08. The Hall–Kier alpha value is -1.46. The van der Waals surface area contributed by atoms with E-state index in [9.17, 15) is 9.18 Å². The average Bonchev–Trinajstić information content (AvgIpc) is 2.47. The number of aryl methyl sites for hydroxylation is 1. The number of nitrogens with one attached hydrogen (secondary N) is 1. The summed E-state index contributed by atoms with van der Waals surface area (Å²) in [6.07, 6.45) is 0.691. The van der Waals surface area contributed by atoms with Gasteiger partial charge in [-0.3, -0.25) is 4.79 Å². The van der Waals surface area contributed by atoms with Crippen molar-refractivity contribution >= 4 is 33.4 Å². The first kappa shape index (κ1) is 15.9. The maximum absolute atomic E-state index is 13.2. The van der Waals surface area contributed by atoms with Gasteiger partial charge >= 0.3 is 0 Å². The molecule has 0 bridgehead atoms. The fourth-order valence-corrected chi connectivity index (χ4v) is 2.43. The molecule has 0 spiro atoms. The molecule has 0 aliphatic carbocycles. The molecule has 0 saturated carbocycles. The number of hydrogen-bond acceptors (Lipinski definition) is 2. The Morgan fingerprint density at radius 3 is 2.86 bits per heavy atom. The Balaban J connectivity index is 2.11. The van der Waals surface area contributed by atoms with Gasteiger partial charge < -0.3 is 5.32 Å². The second-order valence-electron chi connectivity index (χ2n) is 4.44. The third kappa shape index (κ3) is 4.25. The van der Waals surface area contributed by atoms with Crippen LogP contribution in [0.15, 0.2) is 34.8 Å². The van der Waals surface area contributed by atoms with Gasteiger partial charge in [0.15, 0.2) is 0 Å². The van der Waals surface area contributed by atoms with E-state index in [4.69, 9.17) is 11.6 Å². The third-order valence-electron chi connectivity index (χ3n) is 2.92. The molecule has 0 aliphatic rings. The smallest absolute Gasteiger partial charge is 0.251 e. The minimum atomic E-state index is -0.345. The number of amides is 1. The van der Waals surface area contributed by atoms with E-state index < -0.39 is 0 Å². The molecule has 0 unspecified atom stereocenters. The first-order chi connectivity index (χ1) is 9.99. The second kappa shape index (κ2) is 7.00. The summed E-state index contributed by atoms with van der Waals surface area (Å²) in [5, 5.41) is 3.02. The number of rotatable bonds is 4. The molecule has 6 heteroatoms. The molecule has 1 heterocycles.